The molecule has 0 radical (unpaired) electrons. The fourth-order valence-corrected chi connectivity index (χ4v) is 3.73. The first-order chi connectivity index (χ1) is 14.6. The number of pyridine rings is 1. The van der Waals surface area contributed by atoms with Gasteiger partial charge in [0.25, 0.3) is 0 Å². The molecule has 0 spiro atoms. The summed E-state index contributed by atoms with van der Waals surface area (Å²) in [4.78, 5) is 23.7. The summed E-state index contributed by atoms with van der Waals surface area (Å²) in [6.45, 7) is 2.62. The molecule has 3 heterocycles. The van der Waals surface area contributed by atoms with E-state index in [1.165, 1.54) is 4.68 Å². The summed E-state index contributed by atoms with van der Waals surface area (Å²) in [6.07, 6.45) is 3.18. The Hall–Kier alpha value is -3.49. The quantitative estimate of drug-likeness (QED) is 0.352. The van der Waals surface area contributed by atoms with Crippen molar-refractivity contribution < 1.29 is 9.53 Å². The smallest absolute Gasteiger partial charge is 0.244 e. The summed E-state index contributed by atoms with van der Waals surface area (Å²) in [7, 11) is 1.59. The molecule has 1 amide bonds. The zero-order chi connectivity index (χ0) is 21.1. The minimum absolute atomic E-state index is 0.0518. The number of carbonyl (C=O) groups is 1. The lowest BCUT2D eigenvalue weighted by Crippen LogP contribution is -2.49. The van der Waals surface area contributed by atoms with Crippen LogP contribution >= 0.6 is 11.6 Å². The Morgan fingerprint density at radius 3 is 2.83 bits per heavy atom. The van der Waals surface area contributed by atoms with Crippen molar-refractivity contribution in [1.82, 2.24) is 19.7 Å². The van der Waals surface area contributed by atoms with Crippen molar-refractivity contribution in [2.45, 2.75) is 6.54 Å². The predicted octanol–water partition coefficient (Wildman–Crippen LogP) is 3.38. The number of methoxy groups -OCH3 is 1. The maximum atomic E-state index is 12.9. The molecule has 1 saturated heterocycles. The van der Waals surface area contributed by atoms with Crippen LogP contribution in [-0.2, 0) is 11.3 Å². The number of aromatic nitrogens is 3. The molecule has 0 atom stereocenters. The van der Waals surface area contributed by atoms with Gasteiger partial charge in [0.05, 0.1) is 23.8 Å². The van der Waals surface area contributed by atoms with Crippen molar-refractivity contribution in [3.05, 3.63) is 52.1 Å². The van der Waals surface area contributed by atoms with Crippen molar-refractivity contribution in [1.29, 1.82) is 0 Å². The van der Waals surface area contributed by atoms with Gasteiger partial charge in [-0.25, -0.2) is 0 Å². The van der Waals surface area contributed by atoms with E-state index in [2.05, 4.69) is 25.0 Å². The van der Waals surface area contributed by atoms with Crippen LogP contribution in [0.4, 0.5) is 11.5 Å². The van der Waals surface area contributed by atoms with Crippen LogP contribution in [0.25, 0.3) is 21.3 Å². The van der Waals surface area contributed by atoms with E-state index in [1.54, 1.807) is 30.5 Å². The van der Waals surface area contributed by atoms with Gasteiger partial charge in [-0.05, 0) is 28.8 Å². The van der Waals surface area contributed by atoms with Crippen molar-refractivity contribution in [2.75, 3.05) is 38.2 Å². The second-order valence-electron chi connectivity index (χ2n) is 6.75. The number of fused-ring (bicyclic) bond motifs is 1. The highest BCUT2D eigenvalue weighted by Crippen LogP contribution is 2.30. The molecule has 1 fully saturated rings. The van der Waals surface area contributed by atoms with Gasteiger partial charge < -0.3 is 14.5 Å². The van der Waals surface area contributed by atoms with Crippen molar-refractivity contribution >= 4 is 39.9 Å². The first-order valence-electron chi connectivity index (χ1n) is 9.32. The van der Waals surface area contributed by atoms with Gasteiger partial charge in [-0.1, -0.05) is 11.6 Å². The lowest BCUT2D eigenvalue weighted by Gasteiger charge is -2.36. The van der Waals surface area contributed by atoms with E-state index >= 15 is 0 Å². The maximum absolute atomic E-state index is 12.9. The average molecular weight is 427 g/mol. The lowest BCUT2D eigenvalue weighted by molar-refractivity contribution is -0.132. The molecule has 1 aromatic carbocycles. The van der Waals surface area contributed by atoms with Crippen LogP contribution in [-0.4, -0.2) is 58.9 Å². The van der Waals surface area contributed by atoms with E-state index in [0.717, 1.165) is 11.1 Å². The summed E-state index contributed by atoms with van der Waals surface area (Å²) in [6, 6.07) is 7.42. The highest BCUT2D eigenvalue weighted by molar-refractivity contribution is 6.32. The molecule has 0 bridgehead atoms. The molecule has 4 rings (SSSR count). The van der Waals surface area contributed by atoms with Crippen molar-refractivity contribution in [2.24, 2.45) is 5.11 Å². The summed E-state index contributed by atoms with van der Waals surface area (Å²) in [5.41, 5.74) is 10.3. The predicted molar refractivity (Wildman–Crippen MR) is 113 cm³/mol. The van der Waals surface area contributed by atoms with Gasteiger partial charge in [-0.2, -0.15) is 5.10 Å². The molecule has 0 saturated carbocycles. The van der Waals surface area contributed by atoms with E-state index in [0.29, 0.717) is 42.5 Å². The van der Waals surface area contributed by atoms with E-state index in [1.807, 2.05) is 18.2 Å². The Labute approximate surface area is 177 Å². The van der Waals surface area contributed by atoms with Gasteiger partial charge in [0.15, 0.2) is 5.82 Å². The first-order valence-corrected chi connectivity index (χ1v) is 9.70. The van der Waals surface area contributed by atoms with E-state index in [9.17, 15) is 4.79 Å². The summed E-state index contributed by atoms with van der Waals surface area (Å²) < 4.78 is 6.82. The summed E-state index contributed by atoms with van der Waals surface area (Å²) in [5.74, 6) is 0.786. The molecular formula is C19H19ClN8O2. The second-order valence-corrected chi connectivity index (χ2v) is 7.16. The fraction of sp³-hybridized carbons (Fsp3) is 0.316. The largest absolute Gasteiger partial charge is 0.495 e. The number of hydrogen-bond donors (Lipinski definition) is 0. The first kappa shape index (κ1) is 19.8. The van der Waals surface area contributed by atoms with Gasteiger partial charge in [0.1, 0.15) is 12.3 Å². The standard InChI is InChI=1S/C19H19ClN8O2/c1-30-16-10-14(2-3-15(16)20)26-6-8-27(9-7-26)17(29)12-28-18-13(11-23-28)4-5-22-19(18)24-25-21/h2-5,10-11H,6-9,12H2,1H3. The van der Waals surface area contributed by atoms with Crippen LogP contribution in [0.1, 0.15) is 0 Å². The Bertz CT molecular complexity index is 1130. The molecular weight excluding hydrogens is 408 g/mol. The molecule has 30 heavy (non-hydrogen) atoms. The SMILES string of the molecule is COc1cc(N2CCN(C(=O)Cn3ncc4ccnc(N=[N+]=[N-])c43)CC2)ccc1Cl. The number of ether oxygens (including phenoxy) is 1. The minimum atomic E-state index is -0.0518. The molecule has 10 nitrogen and oxygen atoms in total. The number of hydrogen-bond acceptors (Lipinski definition) is 6. The second kappa shape index (κ2) is 8.48. The number of anilines is 1. The van der Waals surface area contributed by atoms with E-state index in [4.69, 9.17) is 21.9 Å². The average Bonchev–Trinajstić information content (AvgIpc) is 3.18. The number of halogens is 1. The Balaban J connectivity index is 1.44. The topological polar surface area (TPSA) is 112 Å². The number of nitrogens with zero attached hydrogens (tertiary/aromatic N) is 8. The number of carbonyl (C=O) groups excluding carboxylic acids is 1. The Morgan fingerprint density at radius 2 is 2.10 bits per heavy atom. The molecule has 0 unspecified atom stereocenters. The molecule has 154 valence electrons. The molecule has 11 heteroatoms. The Morgan fingerprint density at radius 1 is 1.30 bits per heavy atom. The zero-order valence-electron chi connectivity index (χ0n) is 16.3. The number of rotatable bonds is 5. The lowest BCUT2D eigenvalue weighted by atomic mass is 10.2. The van der Waals surface area contributed by atoms with Gasteiger partial charge in [0.2, 0.25) is 5.91 Å². The van der Waals surface area contributed by atoms with E-state index < -0.39 is 0 Å². The van der Waals surface area contributed by atoms with Crippen LogP contribution in [0, 0.1) is 0 Å². The molecule has 0 N–H and O–H groups in total. The molecule has 3 aromatic rings. The Kier molecular flexibility index (Phi) is 5.60. The monoisotopic (exact) mass is 426 g/mol. The normalized spacial score (nSPS) is 13.9. The van der Waals surface area contributed by atoms with Crippen LogP contribution in [0.15, 0.2) is 41.8 Å². The fourth-order valence-electron chi connectivity index (χ4n) is 3.54. The molecule has 1 aliphatic rings. The third-order valence-corrected chi connectivity index (χ3v) is 5.40. The van der Waals surface area contributed by atoms with E-state index in [-0.39, 0.29) is 18.3 Å². The minimum Gasteiger partial charge on any atom is -0.495 e. The summed E-state index contributed by atoms with van der Waals surface area (Å²) in [5, 5.41) is 9.21. The molecule has 0 aliphatic carbocycles. The van der Waals surface area contributed by atoms with Gasteiger partial charge >= 0.3 is 0 Å². The number of azide groups is 1. The van der Waals surface area contributed by atoms with Crippen LogP contribution in [0.3, 0.4) is 0 Å². The number of amides is 1. The van der Waals surface area contributed by atoms with Crippen molar-refractivity contribution in [3.8, 4) is 5.75 Å². The number of benzene rings is 1. The highest BCUT2D eigenvalue weighted by Gasteiger charge is 2.23. The molecule has 2 aromatic heterocycles. The van der Waals surface area contributed by atoms with Gasteiger partial charge in [-0.15, -0.1) is 0 Å². The number of piperazine rings is 1. The third kappa shape index (κ3) is 3.83. The van der Waals surface area contributed by atoms with Gasteiger partial charge in [-0.3, -0.25) is 14.5 Å². The summed E-state index contributed by atoms with van der Waals surface area (Å²) >= 11 is 6.10. The zero-order valence-corrected chi connectivity index (χ0v) is 17.0. The van der Waals surface area contributed by atoms with Crippen LogP contribution < -0.4 is 9.64 Å². The maximum Gasteiger partial charge on any atom is 0.244 e. The van der Waals surface area contributed by atoms with Crippen LogP contribution in [0.2, 0.25) is 5.02 Å². The third-order valence-electron chi connectivity index (χ3n) is 5.09. The van der Waals surface area contributed by atoms with Gasteiger partial charge in [0, 0.05) is 54.4 Å². The van der Waals surface area contributed by atoms with Crippen LogP contribution in [0.5, 0.6) is 5.75 Å². The van der Waals surface area contributed by atoms with Crippen molar-refractivity contribution in [3.63, 3.8) is 0 Å². The highest BCUT2D eigenvalue weighted by atomic mass is 35.5. The molecule has 1 aliphatic heterocycles.